The Morgan fingerprint density at radius 2 is 2.31 bits per heavy atom. The van der Waals surface area contributed by atoms with Crippen molar-refractivity contribution in [2.45, 2.75) is 6.42 Å². The lowest BCUT2D eigenvalue weighted by atomic mass is 10.0. The van der Waals surface area contributed by atoms with Crippen molar-refractivity contribution in [3.05, 3.63) is 30.4 Å². The van der Waals surface area contributed by atoms with Gasteiger partial charge in [-0.3, -0.25) is 0 Å². The minimum absolute atomic E-state index is 0.921. The number of likely N-dealkylation sites (N-methyl/N-ethyl adjacent to an activating group) is 1. The second-order valence-corrected chi connectivity index (χ2v) is 4.20. The van der Waals surface area contributed by atoms with Crippen LogP contribution in [0.1, 0.15) is 12.1 Å². The van der Waals surface area contributed by atoms with Crippen LogP contribution in [0.3, 0.4) is 0 Å². The molecule has 0 saturated carbocycles. The van der Waals surface area contributed by atoms with Gasteiger partial charge in [-0.15, -0.1) is 0 Å². The summed E-state index contributed by atoms with van der Waals surface area (Å²) < 4.78 is 0. The molecular weight excluding hydrogens is 200 g/mol. The summed E-state index contributed by atoms with van der Waals surface area (Å²) in [6, 6.07) is 2.05. The number of nitrogens with one attached hydrogen (secondary N) is 1. The van der Waals surface area contributed by atoms with Crippen LogP contribution in [-0.4, -0.2) is 40.0 Å². The van der Waals surface area contributed by atoms with E-state index in [0.29, 0.717) is 0 Å². The van der Waals surface area contributed by atoms with Gasteiger partial charge in [0.25, 0.3) is 0 Å². The van der Waals surface area contributed by atoms with Gasteiger partial charge in [-0.05, 0) is 25.1 Å². The third-order valence-corrected chi connectivity index (χ3v) is 3.07. The molecule has 3 heterocycles. The molecule has 2 aromatic heterocycles. The van der Waals surface area contributed by atoms with E-state index in [-0.39, 0.29) is 0 Å². The summed E-state index contributed by atoms with van der Waals surface area (Å²) in [5.74, 6) is 0. The molecule has 0 spiro atoms. The van der Waals surface area contributed by atoms with Crippen molar-refractivity contribution >= 4 is 16.6 Å². The lowest BCUT2D eigenvalue weighted by Crippen LogP contribution is -2.23. The number of rotatable bonds is 1. The predicted octanol–water partition coefficient (Wildman–Crippen LogP) is 1.68. The molecule has 82 valence electrons. The third-order valence-electron chi connectivity index (χ3n) is 3.07. The van der Waals surface area contributed by atoms with Crippen molar-refractivity contribution in [3.63, 3.8) is 0 Å². The lowest BCUT2D eigenvalue weighted by molar-refractivity contribution is 0.370. The number of H-pyrrole nitrogens is 1. The first kappa shape index (κ1) is 9.54. The van der Waals surface area contributed by atoms with Crippen LogP contribution >= 0.6 is 0 Å². The Hall–Kier alpha value is -1.68. The molecule has 0 aliphatic carbocycles. The van der Waals surface area contributed by atoms with Crippen LogP contribution < -0.4 is 0 Å². The van der Waals surface area contributed by atoms with Crippen molar-refractivity contribution in [2.75, 3.05) is 20.1 Å². The van der Waals surface area contributed by atoms with E-state index in [1.165, 1.54) is 5.57 Å². The van der Waals surface area contributed by atoms with Gasteiger partial charge in [0.05, 0.1) is 5.69 Å². The molecule has 0 bridgehead atoms. The van der Waals surface area contributed by atoms with Gasteiger partial charge in [0, 0.05) is 24.7 Å². The third kappa shape index (κ3) is 1.51. The maximum Gasteiger partial charge on any atom is 0.141 e. The normalized spacial score (nSPS) is 17.7. The fourth-order valence-electron chi connectivity index (χ4n) is 2.11. The van der Waals surface area contributed by atoms with Crippen molar-refractivity contribution in [1.82, 2.24) is 19.9 Å². The molecule has 0 aromatic carbocycles. The SMILES string of the molecule is CN1CC=C(c2ncnc3[nH]ccc23)CC1. The Morgan fingerprint density at radius 1 is 1.38 bits per heavy atom. The number of aromatic amines is 1. The maximum absolute atomic E-state index is 4.41. The molecule has 2 aromatic rings. The van der Waals surface area contributed by atoms with Crippen molar-refractivity contribution < 1.29 is 0 Å². The molecule has 0 saturated heterocycles. The first-order valence-corrected chi connectivity index (χ1v) is 5.50. The van der Waals surface area contributed by atoms with Gasteiger partial charge >= 0.3 is 0 Å². The second kappa shape index (κ2) is 3.72. The van der Waals surface area contributed by atoms with E-state index in [9.17, 15) is 0 Å². The zero-order valence-corrected chi connectivity index (χ0v) is 9.27. The molecule has 1 aliphatic heterocycles. The standard InChI is InChI=1S/C12H14N4/c1-16-6-3-9(4-7-16)11-10-2-5-13-12(10)15-8-14-11/h2-3,5,8H,4,6-7H2,1H3,(H,13,14,15). The van der Waals surface area contributed by atoms with Gasteiger partial charge in [0.1, 0.15) is 12.0 Å². The Labute approximate surface area is 94.0 Å². The highest BCUT2D eigenvalue weighted by Gasteiger charge is 2.13. The fourth-order valence-corrected chi connectivity index (χ4v) is 2.11. The Kier molecular flexibility index (Phi) is 2.22. The summed E-state index contributed by atoms with van der Waals surface area (Å²) in [4.78, 5) is 14.0. The van der Waals surface area contributed by atoms with Gasteiger partial charge in [-0.1, -0.05) is 6.08 Å². The van der Waals surface area contributed by atoms with Crippen LogP contribution in [0.15, 0.2) is 24.7 Å². The molecule has 16 heavy (non-hydrogen) atoms. The van der Waals surface area contributed by atoms with E-state index >= 15 is 0 Å². The van der Waals surface area contributed by atoms with Crippen LogP contribution in [0.2, 0.25) is 0 Å². The summed E-state index contributed by atoms with van der Waals surface area (Å²) in [5, 5.41) is 1.12. The minimum Gasteiger partial charge on any atom is -0.346 e. The van der Waals surface area contributed by atoms with Gasteiger partial charge in [-0.25, -0.2) is 9.97 Å². The molecule has 4 heteroatoms. The fraction of sp³-hybridized carbons (Fsp3) is 0.333. The summed E-state index contributed by atoms with van der Waals surface area (Å²) in [6.45, 7) is 2.10. The minimum atomic E-state index is 0.921. The molecule has 4 nitrogen and oxygen atoms in total. The summed E-state index contributed by atoms with van der Waals surface area (Å²) in [5.41, 5.74) is 3.34. The topological polar surface area (TPSA) is 44.8 Å². The molecule has 0 unspecified atom stereocenters. The van der Waals surface area contributed by atoms with E-state index in [2.05, 4.69) is 33.0 Å². The molecule has 0 amide bonds. The highest BCUT2D eigenvalue weighted by Crippen LogP contribution is 2.25. The average molecular weight is 214 g/mol. The van der Waals surface area contributed by atoms with Crippen molar-refractivity contribution in [3.8, 4) is 0 Å². The number of hydrogen-bond acceptors (Lipinski definition) is 3. The van der Waals surface area contributed by atoms with Crippen LogP contribution in [0.5, 0.6) is 0 Å². The molecule has 0 atom stereocenters. The monoisotopic (exact) mass is 214 g/mol. The van der Waals surface area contributed by atoms with Gasteiger partial charge in [-0.2, -0.15) is 0 Å². The zero-order chi connectivity index (χ0) is 11.0. The van der Waals surface area contributed by atoms with Gasteiger partial charge in [0.2, 0.25) is 0 Å². The number of aromatic nitrogens is 3. The number of fused-ring (bicyclic) bond motifs is 1. The van der Waals surface area contributed by atoms with Gasteiger partial charge < -0.3 is 9.88 Å². The Morgan fingerprint density at radius 3 is 3.12 bits per heavy atom. The number of nitrogens with zero attached hydrogens (tertiary/aromatic N) is 3. The van der Waals surface area contributed by atoms with E-state index in [1.54, 1.807) is 6.33 Å². The number of hydrogen-bond donors (Lipinski definition) is 1. The zero-order valence-electron chi connectivity index (χ0n) is 9.27. The largest absolute Gasteiger partial charge is 0.346 e. The maximum atomic E-state index is 4.41. The smallest absolute Gasteiger partial charge is 0.141 e. The van der Waals surface area contributed by atoms with E-state index in [1.807, 2.05) is 12.3 Å². The predicted molar refractivity (Wildman–Crippen MR) is 64.0 cm³/mol. The first-order chi connectivity index (χ1) is 7.84. The van der Waals surface area contributed by atoms with Gasteiger partial charge in [0.15, 0.2) is 0 Å². The highest BCUT2D eigenvalue weighted by molar-refractivity contribution is 5.88. The summed E-state index contributed by atoms with van der Waals surface area (Å²) >= 11 is 0. The molecular formula is C12H14N4. The average Bonchev–Trinajstić information content (AvgIpc) is 2.78. The molecule has 0 fully saturated rings. The second-order valence-electron chi connectivity index (χ2n) is 4.20. The van der Waals surface area contributed by atoms with Crippen molar-refractivity contribution in [1.29, 1.82) is 0 Å². The molecule has 1 aliphatic rings. The quantitative estimate of drug-likeness (QED) is 0.785. The van der Waals surface area contributed by atoms with Crippen molar-refractivity contribution in [2.24, 2.45) is 0 Å². The van der Waals surface area contributed by atoms with E-state index in [4.69, 9.17) is 0 Å². The van der Waals surface area contributed by atoms with Crippen LogP contribution in [0.25, 0.3) is 16.6 Å². The summed E-state index contributed by atoms with van der Waals surface area (Å²) in [6.07, 6.45) is 6.87. The van der Waals surface area contributed by atoms with E-state index in [0.717, 1.165) is 36.2 Å². The lowest BCUT2D eigenvalue weighted by Gasteiger charge is -2.21. The molecule has 0 radical (unpaired) electrons. The Balaban J connectivity index is 2.09. The summed E-state index contributed by atoms with van der Waals surface area (Å²) in [7, 11) is 2.14. The Bertz CT molecular complexity index is 541. The van der Waals surface area contributed by atoms with Crippen LogP contribution in [0, 0.1) is 0 Å². The highest BCUT2D eigenvalue weighted by atomic mass is 15.1. The molecule has 3 rings (SSSR count). The van der Waals surface area contributed by atoms with E-state index < -0.39 is 0 Å². The molecule has 1 N–H and O–H groups in total. The first-order valence-electron chi connectivity index (χ1n) is 5.50. The van der Waals surface area contributed by atoms with Crippen LogP contribution in [-0.2, 0) is 0 Å². The van der Waals surface area contributed by atoms with Crippen LogP contribution in [0.4, 0.5) is 0 Å².